The maximum atomic E-state index is 15.2. The van der Waals surface area contributed by atoms with Crippen LogP contribution in [0.3, 0.4) is 0 Å². The zero-order valence-corrected chi connectivity index (χ0v) is 27.8. The summed E-state index contributed by atoms with van der Waals surface area (Å²) in [6.07, 6.45) is 6.49. The molecule has 0 bridgehead atoms. The van der Waals surface area contributed by atoms with Crippen molar-refractivity contribution in [2.24, 2.45) is 10.7 Å². The van der Waals surface area contributed by atoms with Crippen LogP contribution in [0.2, 0.25) is 0 Å². The second-order valence-electron chi connectivity index (χ2n) is 12.0. The molecule has 0 unspecified atom stereocenters. The number of nitrogens with two attached hydrogens (primary N) is 1. The average Bonchev–Trinajstić information content (AvgIpc) is 3.46. The number of anilines is 3. The Morgan fingerprint density at radius 2 is 1.91 bits per heavy atom. The van der Waals surface area contributed by atoms with Crippen LogP contribution in [0.4, 0.5) is 21.5 Å². The predicted octanol–water partition coefficient (Wildman–Crippen LogP) is 5.15. The van der Waals surface area contributed by atoms with Gasteiger partial charge in [0.05, 0.1) is 34.6 Å². The maximum absolute atomic E-state index is 15.2. The highest BCUT2D eigenvalue weighted by Crippen LogP contribution is 2.31. The number of hydrogen-bond acceptors (Lipinski definition) is 8. The molecule has 0 aliphatic carbocycles. The molecule has 0 spiro atoms. The number of nitrogens with zero attached hydrogens (tertiary/aromatic N) is 6. The van der Waals surface area contributed by atoms with E-state index >= 15 is 4.39 Å². The van der Waals surface area contributed by atoms with E-state index in [0.29, 0.717) is 39.5 Å². The SMILES string of the molecule is CN=CC(=CN)Nc1cccn2c(C#Cc3cc(C(=O)Nc4cc(N(C)CCN(C)C)cc(C(C)(C)C#N)c4)c(F)cc3C)cnc12. The third kappa shape index (κ3) is 8.15. The second-order valence-corrected chi connectivity index (χ2v) is 12.0. The van der Waals surface area contributed by atoms with Gasteiger partial charge in [-0.3, -0.25) is 14.2 Å². The van der Waals surface area contributed by atoms with E-state index in [1.54, 1.807) is 32.4 Å². The summed E-state index contributed by atoms with van der Waals surface area (Å²) in [5.74, 6) is 4.92. The number of benzene rings is 2. The van der Waals surface area contributed by atoms with E-state index in [2.05, 4.69) is 48.3 Å². The van der Waals surface area contributed by atoms with Gasteiger partial charge in [0.2, 0.25) is 0 Å². The summed E-state index contributed by atoms with van der Waals surface area (Å²) in [5, 5.41) is 15.9. The van der Waals surface area contributed by atoms with E-state index in [1.165, 1.54) is 18.3 Å². The molecule has 2 heterocycles. The quantitative estimate of drug-likeness (QED) is 0.163. The van der Waals surface area contributed by atoms with E-state index in [1.807, 2.05) is 69.9 Å². The number of pyridine rings is 1. The lowest BCUT2D eigenvalue weighted by molar-refractivity contribution is 0.102. The van der Waals surface area contributed by atoms with Crippen molar-refractivity contribution < 1.29 is 9.18 Å². The minimum atomic E-state index is -0.808. The first-order valence-electron chi connectivity index (χ1n) is 15.0. The topological polar surface area (TPSA) is 127 Å². The molecule has 4 aromatic rings. The number of nitrogens with one attached hydrogen (secondary N) is 2. The number of allylic oxidation sites excluding steroid dienone is 1. The van der Waals surface area contributed by atoms with Crippen LogP contribution in [-0.2, 0) is 5.41 Å². The van der Waals surface area contributed by atoms with Gasteiger partial charge in [-0.25, -0.2) is 9.37 Å². The van der Waals surface area contributed by atoms with Gasteiger partial charge in [0.25, 0.3) is 5.91 Å². The Morgan fingerprint density at radius 3 is 2.60 bits per heavy atom. The summed E-state index contributed by atoms with van der Waals surface area (Å²) >= 11 is 0. The molecule has 0 fully saturated rings. The molecule has 0 saturated carbocycles. The van der Waals surface area contributed by atoms with Crippen molar-refractivity contribution in [3.63, 3.8) is 0 Å². The Kier molecular flexibility index (Phi) is 10.7. The summed E-state index contributed by atoms with van der Waals surface area (Å²) in [4.78, 5) is 26.1. The normalized spacial score (nSPS) is 11.8. The monoisotopic (exact) mass is 633 g/mol. The van der Waals surface area contributed by atoms with Crippen molar-refractivity contribution in [3.8, 4) is 17.9 Å². The minimum absolute atomic E-state index is 0.143. The van der Waals surface area contributed by atoms with Gasteiger partial charge in [-0.2, -0.15) is 5.26 Å². The zero-order valence-electron chi connectivity index (χ0n) is 27.8. The van der Waals surface area contributed by atoms with Gasteiger partial charge in [-0.15, -0.1) is 0 Å². The molecule has 0 saturated heterocycles. The van der Waals surface area contributed by atoms with E-state index in [9.17, 15) is 10.1 Å². The second kappa shape index (κ2) is 14.6. The largest absolute Gasteiger partial charge is 0.403 e. The number of aryl methyl sites for hydroxylation is 1. The molecular formula is C36H40FN9O. The number of nitriles is 1. The van der Waals surface area contributed by atoms with E-state index in [-0.39, 0.29) is 5.56 Å². The van der Waals surface area contributed by atoms with Crippen LogP contribution in [-0.4, -0.2) is 67.7 Å². The first-order valence-corrected chi connectivity index (χ1v) is 15.0. The first-order chi connectivity index (χ1) is 22.4. The van der Waals surface area contributed by atoms with Crippen molar-refractivity contribution in [2.75, 3.05) is 56.8 Å². The lowest BCUT2D eigenvalue weighted by Crippen LogP contribution is -2.29. The highest BCUT2D eigenvalue weighted by molar-refractivity contribution is 6.05. The lowest BCUT2D eigenvalue weighted by Gasteiger charge is -2.25. The third-order valence-electron chi connectivity index (χ3n) is 7.65. The fourth-order valence-corrected chi connectivity index (χ4v) is 4.73. The number of carbonyl (C=O) groups excluding carboxylic acids is 1. The van der Waals surface area contributed by atoms with Gasteiger partial charge in [-0.1, -0.05) is 5.92 Å². The Balaban J connectivity index is 1.65. The number of aromatic nitrogens is 2. The number of carbonyl (C=O) groups is 1. The molecule has 0 aliphatic heterocycles. The molecule has 4 N–H and O–H groups in total. The summed E-state index contributed by atoms with van der Waals surface area (Å²) in [6, 6.07) is 14.3. The smallest absolute Gasteiger partial charge is 0.258 e. The molecule has 0 radical (unpaired) electrons. The van der Waals surface area contributed by atoms with E-state index in [4.69, 9.17) is 5.73 Å². The van der Waals surface area contributed by atoms with Crippen molar-refractivity contribution in [2.45, 2.75) is 26.2 Å². The zero-order chi connectivity index (χ0) is 34.3. The van der Waals surface area contributed by atoms with Gasteiger partial charge < -0.3 is 26.2 Å². The number of fused-ring (bicyclic) bond motifs is 1. The number of rotatable bonds is 10. The molecule has 47 heavy (non-hydrogen) atoms. The molecular weight excluding hydrogens is 593 g/mol. The van der Waals surface area contributed by atoms with Crippen LogP contribution in [0.5, 0.6) is 0 Å². The van der Waals surface area contributed by atoms with Gasteiger partial charge in [0.15, 0.2) is 5.65 Å². The van der Waals surface area contributed by atoms with Gasteiger partial charge >= 0.3 is 0 Å². The van der Waals surface area contributed by atoms with Crippen molar-refractivity contribution >= 4 is 34.8 Å². The standard InChI is InChI=1S/C36H40FN9O/c1-24-15-32(37)31(35(47)43-27-17-26(36(2,3)23-39)18-30(19-27)45(7)14-13-44(5)6)16-25(24)10-11-29-22-41-34-33(9-8-12-46(29)34)42-28(20-38)21-40-4/h8-9,12,15-22,42H,13-14,38H2,1-7H3,(H,43,47). The van der Waals surface area contributed by atoms with Crippen LogP contribution in [0.1, 0.15) is 46.6 Å². The van der Waals surface area contributed by atoms with Crippen LogP contribution in [0, 0.1) is 35.9 Å². The van der Waals surface area contributed by atoms with Crippen LogP contribution >= 0.6 is 0 Å². The van der Waals surface area contributed by atoms with Gasteiger partial charge in [-0.05, 0) is 94.4 Å². The highest BCUT2D eigenvalue weighted by atomic mass is 19.1. The summed E-state index contributed by atoms with van der Waals surface area (Å²) in [7, 11) is 7.60. The molecule has 11 heteroatoms. The molecule has 4 rings (SSSR count). The fraction of sp³-hybridized carbons (Fsp3) is 0.278. The van der Waals surface area contributed by atoms with E-state index in [0.717, 1.165) is 24.3 Å². The molecule has 2 aromatic carbocycles. The minimum Gasteiger partial charge on any atom is -0.403 e. The number of amides is 1. The van der Waals surface area contributed by atoms with Gasteiger partial charge in [0, 0.05) is 62.7 Å². The van der Waals surface area contributed by atoms with Crippen LogP contribution < -0.4 is 21.3 Å². The molecule has 0 aliphatic rings. The Labute approximate surface area is 275 Å². The fourth-order valence-electron chi connectivity index (χ4n) is 4.73. The number of aliphatic imine (C=N–C) groups is 1. The number of halogens is 1. The molecule has 0 atom stereocenters. The van der Waals surface area contributed by atoms with Crippen molar-refractivity contribution in [1.29, 1.82) is 5.26 Å². The van der Waals surface area contributed by atoms with Crippen molar-refractivity contribution in [1.82, 2.24) is 14.3 Å². The van der Waals surface area contributed by atoms with Crippen LogP contribution in [0.15, 0.2) is 71.7 Å². The molecule has 242 valence electrons. The first kappa shape index (κ1) is 34.2. The summed E-state index contributed by atoms with van der Waals surface area (Å²) in [6.45, 7) is 6.92. The predicted molar refractivity (Wildman–Crippen MR) is 187 cm³/mol. The summed E-state index contributed by atoms with van der Waals surface area (Å²) < 4.78 is 17.1. The lowest BCUT2D eigenvalue weighted by atomic mass is 9.85. The Bertz CT molecular complexity index is 1950. The summed E-state index contributed by atoms with van der Waals surface area (Å²) in [5.41, 5.74) is 10.4. The van der Waals surface area contributed by atoms with Gasteiger partial charge in [0.1, 0.15) is 11.5 Å². The van der Waals surface area contributed by atoms with Crippen molar-refractivity contribution in [3.05, 3.63) is 101 Å². The number of imidazole rings is 1. The highest BCUT2D eigenvalue weighted by Gasteiger charge is 2.23. The Hall–Kier alpha value is -5.65. The molecule has 2 aromatic heterocycles. The third-order valence-corrected chi connectivity index (χ3v) is 7.65. The number of hydrogen-bond donors (Lipinski definition) is 3. The average molecular weight is 634 g/mol. The number of likely N-dealkylation sites (N-methyl/N-ethyl adjacent to an activating group) is 2. The van der Waals surface area contributed by atoms with E-state index < -0.39 is 17.1 Å². The molecule has 10 nitrogen and oxygen atoms in total. The van der Waals surface area contributed by atoms with Crippen LogP contribution in [0.25, 0.3) is 5.65 Å². The Morgan fingerprint density at radius 1 is 1.15 bits per heavy atom. The molecule has 1 amide bonds. The maximum Gasteiger partial charge on any atom is 0.258 e.